The Balaban J connectivity index is 1.60. The first kappa shape index (κ1) is 13.8. The van der Waals surface area contributed by atoms with E-state index in [9.17, 15) is 0 Å². The second-order valence-electron chi connectivity index (χ2n) is 4.93. The summed E-state index contributed by atoms with van der Waals surface area (Å²) >= 11 is 1.52. The van der Waals surface area contributed by atoms with Crippen molar-refractivity contribution in [2.75, 3.05) is 5.84 Å². The van der Waals surface area contributed by atoms with Gasteiger partial charge >= 0.3 is 0 Å². The van der Waals surface area contributed by atoms with E-state index in [1.807, 2.05) is 12.1 Å². The summed E-state index contributed by atoms with van der Waals surface area (Å²) in [5.41, 5.74) is 2.13. The van der Waals surface area contributed by atoms with Crippen LogP contribution in [0.5, 0.6) is 0 Å². The highest BCUT2D eigenvalue weighted by Crippen LogP contribution is 2.27. The van der Waals surface area contributed by atoms with Crippen molar-refractivity contribution in [1.82, 2.24) is 19.9 Å². The van der Waals surface area contributed by atoms with Gasteiger partial charge in [-0.15, -0.1) is 10.2 Å². The normalized spacial score (nSPS) is 11.1. The van der Waals surface area contributed by atoms with E-state index in [2.05, 4.69) is 33.4 Å². The second kappa shape index (κ2) is 5.77. The van der Waals surface area contributed by atoms with Gasteiger partial charge in [-0.3, -0.25) is 4.98 Å². The molecule has 7 heteroatoms. The third kappa shape index (κ3) is 2.55. The molecule has 3 heterocycles. The monoisotopic (exact) mass is 323 g/mol. The SMILES string of the molecule is Nn1c(SCc2cccc3cccnc23)nnc1-c1ccco1. The Bertz CT molecular complexity index is 943. The summed E-state index contributed by atoms with van der Waals surface area (Å²) in [7, 11) is 0. The topological polar surface area (TPSA) is 82.8 Å². The Morgan fingerprint density at radius 2 is 2.00 bits per heavy atom. The molecule has 4 rings (SSSR count). The molecule has 0 aliphatic rings. The number of nitrogens with two attached hydrogens (primary N) is 1. The summed E-state index contributed by atoms with van der Waals surface area (Å²) in [4.78, 5) is 4.46. The largest absolute Gasteiger partial charge is 0.461 e. The van der Waals surface area contributed by atoms with Crippen molar-refractivity contribution in [3.8, 4) is 11.6 Å². The minimum Gasteiger partial charge on any atom is -0.461 e. The zero-order chi connectivity index (χ0) is 15.6. The predicted molar refractivity (Wildman–Crippen MR) is 89.2 cm³/mol. The van der Waals surface area contributed by atoms with Gasteiger partial charge in [0, 0.05) is 17.3 Å². The zero-order valence-electron chi connectivity index (χ0n) is 12.1. The maximum Gasteiger partial charge on any atom is 0.218 e. The fourth-order valence-corrected chi connectivity index (χ4v) is 3.22. The molecule has 114 valence electrons. The fourth-order valence-electron chi connectivity index (χ4n) is 2.38. The van der Waals surface area contributed by atoms with Gasteiger partial charge in [-0.25, -0.2) is 4.68 Å². The molecular weight excluding hydrogens is 310 g/mol. The van der Waals surface area contributed by atoms with Crippen LogP contribution in [0.25, 0.3) is 22.5 Å². The standard InChI is InChI=1S/C16H13N5OS/c17-21-15(13-7-3-9-22-13)19-20-16(21)23-10-12-5-1-4-11-6-2-8-18-14(11)12/h1-9H,10,17H2. The number of pyridine rings is 1. The number of nitrogens with zero attached hydrogens (tertiary/aromatic N) is 4. The van der Waals surface area contributed by atoms with Crippen molar-refractivity contribution >= 4 is 22.7 Å². The zero-order valence-corrected chi connectivity index (χ0v) is 12.9. The Hall–Kier alpha value is -2.80. The molecular formula is C16H13N5OS. The average Bonchev–Trinajstić information content (AvgIpc) is 3.23. The van der Waals surface area contributed by atoms with Crippen molar-refractivity contribution in [2.24, 2.45) is 0 Å². The molecule has 0 amide bonds. The maximum absolute atomic E-state index is 6.07. The predicted octanol–water partition coefficient (Wildman–Crippen LogP) is 3.09. The summed E-state index contributed by atoms with van der Waals surface area (Å²) in [5.74, 6) is 7.88. The molecule has 2 N–H and O–H groups in total. The minimum absolute atomic E-state index is 0.508. The highest BCUT2D eigenvalue weighted by Gasteiger charge is 2.14. The fraction of sp³-hybridized carbons (Fsp3) is 0.0625. The van der Waals surface area contributed by atoms with E-state index in [4.69, 9.17) is 10.3 Å². The molecule has 0 unspecified atom stereocenters. The molecule has 0 fully saturated rings. The molecule has 3 aromatic heterocycles. The Morgan fingerprint density at radius 1 is 1.09 bits per heavy atom. The summed E-state index contributed by atoms with van der Waals surface area (Å²) in [5, 5.41) is 9.98. The van der Waals surface area contributed by atoms with Crippen LogP contribution in [0.15, 0.2) is 64.5 Å². The Labute approximate surface area is 136 Å². The lowest BCUT2D eigenvalue weighted by molar-refractivity contribution is 0.574. The Morgan fingerprint density at radius 3 is 2.87 bits per heavy atom. The Kier molecular flexibility index (Phi) is 3.47. The molecule has 6 nitrogen and oxygen atoms in total. The summed E-state index contributed by atoms with van der Waals surface area (Å²) in [6, 6.07) is 13.7. The molecule has 4 aromatic rings. The first-order valence-electron chi connectivity index (χ1n) is 7.03. The maximum atomic E-state index is 6.07. The summed E-state index contributed by atoms with van der Waals surface area (Å²) in [6.45, 7) is 0. The molecule has 0 aliphatic carbocycles. The van der Waals surface area contributed by atoms with Gasteiger partial charge in [0.1, 0.15) is 0 Å². The van der Waals surface area contributed by atoms with Crippen LogP contribution in [0.3, 0.4) is 0 Å². The number of furan rings is 1. The van der Waals surface area contributed by atoms with Crippen LogP contribution >= 0.6 is 11.8 Å². The van der Waals surface area contributed by atoms with Crippen LogP contribution in [0.1, 0.15) is 5.56 Å². The van der Waals surface area contributed by atoms with E-state index in [1.54, 1.807) is 24.6 Å². The van der Waals surface area contributed by atoms with Gasteiger partial charge in [0.15, 0.2) is 5.76 Å². The number of rotatable bonds is 4. The molecule has 0 saturated carbocycles. The highest BCUT2D eigenvalue weighted by molar-refractivity contribution is 7.98. The van der Waals surface area contributed by atoms with E-state index in [-0.39, 0.29) is 0 Å². The van der Waals surface area contributed by atoms with Gasteiger partial charge in [-0.1, -0.05) is 36.0 Å². The van der Waals surface area contributed by atoms with Crippen LogP contribution in [0.4, 0.5) is 0 Å². The van der Waals surface area contributed by atoms with Gasteiger partial charge in [0.25, 0.3) is 0 Å². The first-order valence-corrected chi connectivity index (χ1v) is 8.01. The van der Waals surface area contributed by atoms with Crippen molar-refractivity contribution in [2.45, 2.75) is 10.9 Å². The van der Waals surface area contributed by atoms with E-state index >= 15 is 0 Å². The van der Waals surface area contributed by atoms with Gasteiger partial charge in [-0.05, 0) is 23.8 Å². The van der Waals surface area contributed by atoms with Crippen LogP contribution in [0.2, 0.25) is 0 Å². The van der Waals surface area contributed by atoms with Crippen LogP contribution in [-0.2, 0) is 5.75 Å². The van der Waals surface area contributed by atoms with Crippen molar-refractivity contribution in [3.63, 3.8) is 0 Å². The number of hydrogen-bond acceptors (Lipinski definition) is 6. The number of para-hydroxylation sites is 1. The molecule has 1 aromatic carbocycles. The second-order valence-corrected chi connectivity index (χ2v) is 5.88. The van der Waals surface area contributed by atoms with Crippen molar-refractivity contribution in [3.05, 3.63) is 60.5 Å². The number of thioether (sulfide) groups is 1. The molecule has 0 bridgehead atoms. The highest BCUT2D eigenvalue weighted by atomic mass is 32.2. The quantitative estimate of drug-likeness (QED) is 0.459. The van der Waals surface area contributed by atoms with Crippen molar-refractivity contribution < 1.29 is 4.42 Å². The number of aromatic nitrogens is 4. The van der Waals surface area contributed by atoms with E-state index in [0.717, 1.165) is 16.5 Å². The van der Waals surface area contributed by atoms with Crippen molar-refractivity contribution in [1.29, 1.82) is 0 Å². The smallest absolute Gasteiger partial charge is 0.218 e. The molecule has 0 atom stereocenters. The van der Waals surface area contributed by atoms with Crippen LogP contribution in [0, 0.1) is 0 Å². The van der Waals surface area contributed by atoms with Gasteiger partial charge < -0.3 is 10.3 Å². The van der Waals surface area contributed by atoms with Crippen LogP contribution in [-0.4, -0.2) is 19.9 Å². The number of nitrogen functional groups attached to an aromatic ring is 1. The van der Waals surface area contributed by atoms with Crippen LogP contribution < -0.4 is 5.84 Å². The minimum atomic E-state index is 0.508. The molecule has 0 radical (unpaired) electrons. The average molecular weight is 323 g/mol. The lowest BCUT2D eigenvalue weighted by Gasteiger charge is -2.05. The van der Waals surface area contributed by atoms with E-state index in [1.165, 1.54) is 16.4 Å². The van der Waals surface area contributed by atoms with E-state index in [0.29, 0.717) is 22.5 Å². The molecule has 0 spiro atoms. The molecule has 23 heavy (non-hydrogen) atoms. The number of hydrogen-bond donors (Lipinski definition) is 1. The number of benzene rings is 1. The van der Waals surface area contributed by atoms with Gasteiger partial charge in [0.05, 0.1) is 11.8 Å². The lowest BCUT2D eigenvalue weighted by Crippen LogP contribution is -2.11. The lowest BCUT2D eigenvalue weighted by atomic mass is 10.1. The van der Waals surface area contributed by atoms with Gasteiger partial charge in [0.2, 0.25) is 11.0 Å². The van der Waals surface area contributed by atoms with Gasteiger partial charge in [-0.2, -0.15) is 0 Å². The summed E-state index contributed by atoms with van der Waals surface area (Å²) in [6.07, 6.45) is 3.38. The third-order valence-corrected chi connectivity index (χ3v) is 4.47. The van der Waals surface area contributed by atoms with E-state index < -0.39 is 0 Å². The first-order chi connectivity index (χ1) is 11.3. The third-order valence-electron chi connectivity index (χ3n) is 3.48. The molecule has 0 aliphatic heterocycles. The molecule has 0 saturated heterocycles. The number of fused-ring (bicyclic) bond motifs is 1. The summed E-state index contributed by atoms with van der Waals surface area (Å²) < 4.78 is 6.76.